The van der Waals surface area contributed by atoms with Gasteiger partial charge in [-0.1, -0.05) is 23.7 Å². The normalized spacial score (nSPS) is 12.2. The largest absolute Gasteiger partial charge is 0.387 e. The van der Waals surface area contributed by atoms with Gasteiger partial charge in [-0.15, -0.1) is 0 Å². The average Bonchev–Trinajstić information content (AvgIpc) is 2.29. The Balaban J connectivity index is 2.23. The molecule has 1 aromatic rings. The lowest BCUT2D eigenvalue weighted by atomic mass is 10.1. The first-order chi connectivity index (χ1) is 8.09. The van der Waals surface area contributed by atoms with E-state index in [9.17, 15) is 9.90 Å². The van der Waals surface area contributed by atoms with Crippen LogP contribution in [0.1, 0.15) is 18.6 Å². The van der Waals surface area contributed by atoms with Gasteiger partial charge in [-0.2, -0.15) is 0 Å². The zero-order valence-electron chi connectivity index (χ0n) is 9.74. The minimum atomic E-state index is -0.565. The molecule has 0 aliphatic heterocycles. The van der Waals surface area contributed by atoms with Crippen LogP contribution in [0.3, 0.4) is 0 Å². The summed E-state index contributed by atoms with van der Waals surface area (Å²) in [6, 6.07) is 7.08. The molecule has 1 atom stereocenters. The van der Waals surface area contributed by atoms with Crippen LogP contribution in [0.25, 0.3) is 0 Å². The summed E-state index contributed by atoms with van der Waals surface area (Å²) < 4.78 is 0. The van der Waals surface area contributed by atoms with Crippen LogP contribution in [-0.2, 0) is 4.79 Å². The van der Waals surface area contributed by atoms with Crippen LogP contribution >= 0.6 is 11.6 Å². The third-order valence-corrected chi connectivity index (χ3v) is 2.52. The zero-order chi connectivity index (χ0) is 12.7. The van der Waals surface area contributed by atoms with E-state index < -0.39 is 6.10 Å². The Hall–Kier alpha value is -1.10. The molecule has 0 saturated carbocycles. The average molecular weight is 257 g/mol. The number of hydrogen-bond acceptors (Lipinski definition) is 3. The first kappa shape index (κ1) is 14.0. The SMILES string of the molecule is CC(=O)NCCNCC(O)c1ccc(Cl)cc1. The fraction of sp³-hybridized carbons (Fsp3) is 0.417. The number of hydrogen-bond donors (Lipinski definition) is 3. The fourth-order valence-corrected chi connectivity index (χ4v) is 1.49. The van der Waals surface area contributed by atoms with Crippen molar-refractivity contribution in [3.05, 3.63) is 34.9 Å². The van der Waals surface area contributed by atoms with Crippen molar-refractivity contribution in [3.8, 4) is 0 Å². The van der Waals surface area contributed by atoms with Crippen LogP contribution in [0.15, 0.2) is 24.3 Å². The minimum Gasteiger partial charge on any atom is -0.387 e. The highest BCUT2D eigenvalue weighted by Crippen LogP contribution is 2.15. The molecule has 0 radical (unpaired) electrons. The molecule has 0 aromatic heterocycles. The van der Waals surface area contributed by atoms with Crippen LogP contribution in [0.5, 0.6) is 0 Å². The number of nitrogens with one attached hydrogen (secondary N) is 2. The number of carbonyl (C=O) groups is 1. The summed E-state index contributed by atoms with van der Waals surface area (Å²) in [4.78, 5) is 10.6. The maximum absolute atomic E-state index is 10.6. The summed E-state index contributed by atoms with van der Waals surface area (Å²) >= 11 is 5.75. The third-order valence-electron chi connectivity index (χ3n) is 2.27. The fourth-order valence-electron chi connectivity index (χ4n) is 1.37. The Bertz CT molecular complexity index is 354. The van der Waals surface area contributed by atoms with Gasteiger partial charge in [0.05, 0.1) is 6.10 Å². The molecule has 1 rings (SSSR count). The summed E-state index contributed by atoms with van der Waals surface area (Å²) in [7, 11) is 0. The maximum atomic E-state index is 10.6. The molecular formula is C12H17ClN2O2. The van der Waals surface area contributed by atoms with Crippen molar-refractivity contribution in [2.75, 3.05) is 19.6 Å². The molecule has 0 aliphatic rings. The van der Waals surface area contributed by atoms with Crippen molar-refractivity contribution in [2.45, 2.75) is 13.0 Å². The van der Waals surface area contributed by atoms with E-state index in [1.54, 1.807) is 24.3 Å². The Kier molecular flexibility index (Phi) is 5.97. The van der Waals surface area contributed by atoms with Gasteiger partial charge in [0.2, 0.25) is 5.91 Å². The molecule has 0 heterocycles. The van der Waals surface area contributed by atoms with E-state index in [0.29, 0.717) is 24.7 Å². The summed E-state index contributed by atoms with van der Waals surface area (Å²) in [5.74, 6) is -0.0509. The highest BCUT2D eigenvalue weighted by Gasteiger charge is 2.06. The molecule has 3 N–H and O–H groups in total. The van der Waals surface area contributed by atoms with Crippen molar-refractivity contribution in [2.24, 2.45) is 0 Å². The van der Waals surface area contributed by atoms with Gasteiger partial charge in [0.15, 0.2) is 0 Å². The molecule has 1 aromatic carbocycles. The Labute approximate surface area is 106 Å². The number of aliphatic hydroxyl groups is 1. The first-order valence-corrected chi connectivity index (χ1v) is 5.86. The van der Waals surface area contributed by atoms with Gasteiger partial charge in [0, 0.05) is 31.6 Å². The van der Waals surface area contributed by atoms with Gasteiger partial charge < -0.3 is 15.7 Å². The lowest BCUT2D eigenvalue weighted by Crippen LogP contribution is -2.32. The summed E-state index contributed by atoms with van der Waals surface area (Å²) in [5, 5.41) is 16.2. The summed E-state index contributed by atoms with van der Waals surface area (Å²) in [5.41, 5.74) is 0.821. The molecule has 0 aliphatic carbocycles. The Morgan fingerprint density at radius 2 is 2.00 bits per heavy atom. The smallest absolute Gasteiger partial charge is 0.216 e. The molecule has 0 fully saturated rings. The molecule has 0 spiro atoms. The van der Waals surface area contributed by atoms with Crippen LogP contribution in [0.4, 0.5) is 0 Å². The summed E-state index contributed by atoms with van der Waals surface area (Å²) in [6.45, 7) is 3.11. The van der Waals surface area contributed by atoms with E-state index in [1.165, 1.54) is 6.92 Å². The van der Waals surface area contributed by atoms with Crippen LogP contribution in [0, 0.1) is 0 Å². The topological polar surface area (TPSA) is 61.4 Å². The van der Waals surface area contributed by atoms with Crippen LogP contribution < -0.4 is 10.6 Å². The van der Waals surface area contributed by atoms with Gasteiger partial charge in [-0.25, -0.2) is 0 Å². The highest BCUT2D eigenvalue weighted by atomic mass is 35.5. The standard InChI is InChI=1S/C12H17ClN2O2/c1-9(16)15-7-6-14-8-12(17)10-2-4-11(13)5-3-10/h2-5,12,14,17H,6-8H2,1H3,(H,15,16). The number of halogens is 1. The van der Waals surface area contributed by atoms with Gasteiger partial charge in [-0.05, 0) is 17.7 Å². The van der Waals surface area contributed by atoms with Crippen molar-refractivity contribution in [1.29, 1.82) is 0 Å². The molecule has 94 valence electrons. The number of carbonyl (C=O) groups excluding carboxylic acids is 1. The van der Waals surface area contributed by atoms with Crippen molar-refractivity contribution < 1.29 is 9.90 Å². The van der Waals surface area contributed by atoms with Gasteiger partial charge >= 0.3 is 0 Å². The molecule has 0 bridgehead atoms. The number of rotatable bonds is 6. The number of benzene rings is 1. The first-order valence-electron chi connectivity index (χ1n) is 5.48. The number of aliphatic hydroxyl groups excluding tert-OH is 1. The second-order valence-electron chi connectivity index (χ2n) is 3.75. The van der Waals surface area contributed by atoms with E-state index in [1.807, 2.05) is 0 Å². The quantitative estimate of drug-likeness (QED) is 0.668. The molecule has 17 heavy (non-hydrogen) atoms. The molecule has 5 heteroatoms. The van der Waals surface area contributed by atoms with Gasteiger partial charge in [0.1, 0.15) is 0 Å². The predicted octanol–water partition coefficient (Wildman–Crippen LogP) is 1.10. The highest BCUT2D eigenvalue weighted by molar-refractivity contribution is 6.30. The van der Waals surface area contributed by atoms with Crippen LogP contribution in [-0.4, -0.2) is 30.6 Å². The van der Waals surface area contributed by atoms with Crippen molar-refractivity contribution in [1.82, 2.24) is 10.6 Å². The van der Waals surface area contributed by atoms with E-state index in [4.69, 9.17) is 11.6 Å². The molecule has 0 saturated heterocycles. The van der Waals surface area contributed by atoms with E-state index in [-0.39, 0.29) is 5.91 Å². The minimum absolute atomic E-state index is 0.0509. The molecule has 4 nitrogen and oxygen atoms in total. The van der Waals surface area contributed by atoms with Gasteiger partial charge in [-0.3, -0.25) is 4.79 Å². The van der Waals surface area contributed by atoms with Crippen LogP contribution in [0.2, 0.25) is 5.02 Å². The second-order valence-corrected chi connectivity index (χ2v) is 4.19. The molecule has 1 unspecified atom stereocenters. The molecule has 1 amide bonds. The zero-order valence-corrected chi connectivity index (χ0v) is 10.5. The van der Waals surface area contributed by atoms with Crippen molar-refractivity contribution >= 4 is 17.5 Å². The lowest BCUT2D eigenvalue weighted by Gasteiger charge is -2.12. The van der Waals surface area contributed by atoms with E-state index >= 15 is 0 Å². The lowest BCUT2D eigenvalue weighted by molar-refractivity contribution is -0.118. The Morgan fingerprint density at radius 1 is 1.35 bits per heavy atom. The monoisotopic (exact) mass is 256 g/mol. The summed E-state index contributed by atoms with van der Waals surface area (Å²) in [6.07, 6.45) is -0.565. The van der Waals surface area contributed by atoms with E-state index in [0.717, 1.165) is 5.56 Å². The molecular weight excluding hydrogens is 240 g/mol. The Morgan fingerprint density at radius 3 is 2.59 bits per heavy atom. The number of amides is 1. The maximum Gasteiger partial charge on any atom is 0.216 e. The van der Waals surface area contributed by atoms with Crippen molar-refractivity contribution in [3.63, 3.8) is 0 Å². The van der Waals surface area contributed by atoms with Gasteiger partial charge in [0.25, 0.3) is 0 Å². The second kappa shape index (κ2) is 7.27. The van der Waals surface area contributed by atoms with E-state index in [2.05, 4.69) is 10.6 Å². The third kappa shape index (κ3) is 5.68. The predicted molar refractivity (Wildman–Crippen MR) is 68.0 cm³/mol.